The van der Waals surface area contributed by atoms with Crippen LogP contribution in [0.1, 0.15) is 11.1 Å². The summed E-state index contributed by atoms with van der Waals surface area (Å²) in [7, 11) is 3.95. The first-order valence-electron chi connectivity index (χ1n) is 6.08. The minimum atomic E-state index is 0.663. The molecule has 2 aromatic rings. The molecule has 2 rings (SSSR count). The van der Waals surface area contributed by atoms with Crippen molar-refractivity contribution >= 4 is 28.2 Å². The van der Waals surface area contributed by atoms with E-state index in [-0.39, 0.29) is 0 Å². The van der Waals surface area contributed by atoms with Crippen LogP contribution in [-0.4, -0.2) is 30.8 Å². The van der Waals surface area contributed by atoms with Gasteiger partial charge < -0.3 is 10.6 Å². The SMILES string of the molecule is Cc1ccc(Sc2nnc(N(C)C)s2)c(CCN)c1. The van der Waals surface area contributed by atoms with Gasteiger partial charge in [-0.2, -0.15) is 0 Å². The van der Waals surface area contributed by atoms with Crippen molar-refractivity contribution in [3.8, 4) is 0 Å². The van der Waals surface area contributed by atoms with Crippen molar-refractivity contribution in [1.82, 2.24) is 10.2 Å². The topological polar surface area (TPSA) is 55.0 Å². The molecule has 1 heterocycles. The lowest BCUT2D eigenvalue weighted by Gasteiger charge is -2.07. The van der Waals surface area contributed by atoms with Gasteiger partial charge in [0.1, 0.15) is 0 Å². The molecule has 0 aliphatic heterocycles. The maximum atomic E-state index is 5.68. The molecule has 0 aliphatic carbocycles. The van der Waals surface area contributed by atoms with Crippen molar-refractivity contribution in [3.05, 3.63) is 29.3 Å². The molecule has 102 valence electrons. The van der Waals surface area contributed by atoms with E-state index in [1.807, 2.05) is 19.0 Å². The highest BCUT2D eigenvalue weighted by molar-refractivity contribution is 8.01. The molecular weight excluding hydrogens is 276 g/mol. The smallest absolute Gasteiger partial charge is 0.208 e. The zero-order valence-corrected chi connectivity index (χ0v) is 13.0. The number of hydrogen-bond acceptors (Lipinski definition) is 6. The van der Waals surface area contributed by atoms with E-state index in [0.29, 0.717) is 6.54 Å². The zero-order chi connectivity index (χ0) is 13.8. The Morgan fingerprint density at radius 2 is 2.11 bits per heavy atom. The Kier molecular flexibility index (Phi) is 4.79. The van der Waals surface area contributed by atoms with E-state index >= 15 is 0 Å². The zero-order valence-electron chi connectivity index (χ0n) is 11.4. The van der Waals surface area contributed by atoms with Crippen molar-refractivity contribution in [3.63, 3.8) is 0 Å². The predicted octanol–water partition coefficient (Wildman–Crippen LogP) is 2.56. The van der Waals surface area contributed by atoms with Crippen LogP contribution in [0.3, 0.4) is 0 Å². The maximum Gasteiger partial charge on any atom is 0.208 e. The van der Waals surface area contributed by atoms with Crippen molar-refractivity contribution in [2.75, 3.05) is 25.5 Å². The van der Waals surface area contributed by atoms with Crippen LogP contribution in [-0.2, 0) is 6.42 Å². The fraction of sp³-hybridized carbons (Fsp3) is 0.385. The minimum absolute atomic E-state index is 0.663. The molecule has 2 N–H and O–H groups in total. The minimum Gasteiger partial charge on any atom is -0.353 e. The molecule has 0 saturated carbocycles. The highest BCUT2D eigenvalue weighted by Crippen LogP contribution is 2.35. The molecule has 0 saturated heterocycles. The van der Waals surface area contributed by atoms with Crippen LogP contribution in [0, 0.1) is 6.92 Å². The summed E-state index contributed by atoms with van der Waals surface area (Å²) in [5.74, 6) is 0. The predicted molar refractivity (Wildman–Crippen MR) is 82.3 cm³/mol. The first-order valence-corrected chi connectivity index (χ1v) is 7.71. The van der Waals surface area contributed by atoms with E-state index in [1.54, 1.807) is 23.1 Å². The fourth-order valence-electron chi connectivity index (χ4n) is 1.68. The van der Waals surface area contributed by atoms with Gasteiger partial charge in [-0.25, -0.2) is 0 Å². The normalized spacial score (nSPS) is 10.7. The Balaban J connectivity index is 2.21. The average Bonchev–Trinajstić information content (AvgIpc) is 2.82. The molecule has 0 aliphatic rings. The lowest BCUT2D eigenvalue weighted by molar-refractivity contribution is 0.939. The number of hydrogen-bond donors (Lipinski definition) is 1. The van der Waals surface area contributed by atoms with E-state index < -0.39 is 0 Å². The molecule has 0 amide bonds. The Morgan fingerprint density at radius 1 is 1.32 bits per heavy atom. The fourth-order valence-corrected chi connectivity index (χ4v) is 3.54. The van der Waals surface area contributed by atoms with Gasteiger partial charge in [0.2, 0.25) is 5.13 Å². The molecule has 19 heavy (non-hydrogen) atoms. The molecule has 0 bridgehead atoms. The van der Waals surface area contributed by atoms with E-state index in [0.717, 1.165) is 15.9 Å². The maximum absolute atomic E-state index is 5.68. The second-order valence-corrected chi connectivity index (χ2v) is 6.74. The summed E-state index contributed by atoms with van der Waals surface area (Å²) >= 11 is 3.27. The largest absolute Gasteiger partial charge is 0.353 e. The first-order chi connectivity index (χ1) is 9.10. The summed E-state index contributed by atoms with van der Waals surface area (Å²) in [6.45, 7) is 2.76. The number of anilines is 1. The number of nitrogens with two attached hydrogens (primary N) is 1. The van der Waals surface area contributed by atoms with E-state index in [9.17, 15) is 0 Å². The third-order valence-electron chi connectivity index (χ3n) is 2.61. The van der Waals surface area contributed by atoms with Gasteiger partial charge in [0.15, 0.2) is 4.34 Å². The van der Waals surface area contributed by atoms with Gasteiger partial charge in [-0.3, -0.25) is 0 Å². The first kappa shape index (κ1) is 14.3. The highest BCUT2D eigenvalue weighted by Gasteiger charge is 2.10. The lowest BCUT2D eigenvalue weighted by Crippen LogP contribution is -2.07. The van der Waals surface area contributed by atoms with Crippen LogP contribution < -0.4 is 10.6 Å². The molecule has 6 heteroatoms. The number of benzene rings is 1. The van der Waals surface area contributed by atoms with Crippen molar-refractivity contribution < 1.29 is 0 Å². The van der Waals surface area contributed by atoms with Gasteiger partial charge in [0.05, 0.1) is 0 Å². The Hall–Kier alpha value is -1.11. The third-order valence-corrected chi connectivity index (χ3v) is 4.87. The van der Waals surface area contributed by atoms with Gasteiger partial charge in [-0.1, -0.05) is 40.8 Å². The van der Waals surface area contributed by atoms with Crippen LogP contribution in [0.5, 0.6) is 0 Å². The molecule has 1 aromatic carbocycles. The third kappa shape index (κ3) is 3.68. The average molecular weight is 294 g/mol. The van der Waals surface area contributed by atoms with Gasteiger partial charge in [0, 0.05) is 19.0 Å². The summed E-state index contributed by atoms with van der Waals surface area (Å²) in [6.07, 6.45) is 0.892. The van der Waals surface area contributed by atoms with E-state index in [4.69, 9.17) is 5.73 Å². The second kappa shape index (κ2) is 6.36. The van der Waals surface area contributed by atoms with Gasteiger partial charge in [0.25, 0.3) is 0 Å². The van der Waals surface area contributed by atoms with Crippen LogP contribution in [0.15, 0.2) is 27.4 Å². The monoisotopic (exact) mass is 294 g/mol. The Morgan fingerprint density at radius 3 is 2.74 bits per heavy atom. The summed E-state index contributed by atoms with van der Waals surface area (Å²) in [4.78, 5) is 3.19. The summed E-state index contributed by atoms with van der Waals surface area (Å²) in [5, 5.41) is 9.29. The quantitative estimate of drug-likeness (QED) is 0.918. The van der Waals surface area contributed by atoms with Crippen molar-refractivity contribution in [2.24, 2.45) is 5.73 Å². The van der Waals surface area contributed by atoms with E-state index in [1.165, 1.54) is 16.0 Å². The Bertz CT molecular complexity index is 551. The van der Waals surface area contributed by atoms with E-state index in [2.05, 4.69) is 35.3 Å². The van der Waals surface area contributed by atoms with Gasteiger partial charge >= 0.3 is 0 Å². The van der Waals surface area contributed by atoms with Crippen molar-refractivity contribution in [2.45, 2.75) is 22.6 Å². The summed E-state index contributed by atoms with van der Waals surface area (Å²) < 4.78 is 0.964. The molecule has 0 spiro atoms. The standard InChI is InChI=1S/C13H18N4S2/c1-9-4-5-11(10(8-9)6-7-14)18-13-16-15-12(19-13)17(2)3/h4-5,8H,6-7,14H2,1-3H3. The molecule has 0 fully saturated rings. The van der Waals surface area contributed by atoms with Crippen molar-refractivity contribution in [1.29, 1.82) is 0 Å². The molecular formula is C13H18N4S2. The molecule has 1 aromatic heterocycles. The summed E-state index contributed by atoms with van der Waals surface area (Å²) in [6, 6.07) is 6.46. The van der Waals surface area contributed by atoms with Gasteiger partial charge in [-0.15, -0.1) is 10.2 Å². The lowest BCUT2D eigenvalue weighted by atomic mass is 10.1. The second-order valence-electron chi connectivity index (χ2n) is 4.50. The number of aromatic nitrogens is 2. The molecule has 0 atom stereocenters. The van der Waals surface area contributed by atoms with Gasteiger partial charge in [-0.05, 0) is 31.5 Å². The molecule has 0 radical (unpaired) electrons. The summed E-state index contributed by atoms with van der Waals surface area (Å²) in [5.41, 5.74) is 8.22. The number of aryl methyl sites for hydroxylation is 1. The van der Waals surface area contributed by atoms with Crippen LogP contribution in [0.2, 0.25) is 0 Å². The van der Waals surface area contributed by atoms with Crippen LogP contribution in [0.25, 0.3) is 0 Å². The number of nitrogens with zero attached hydrogens (tertiary/aromatic N) is 3. The van der Waals surface area contributed by atoms with Crippen LogP contribution >= 0.6 is 23.1 Å². The Labute approximate surface area is 122 Å². The molecule has 4 nitrogen and oxygen atoms in total. The number of rotatable bonds is 5. The molecule has 0 unspecified atom stereocenters. The van der Waals surface area contributed by atoms with Crippen LogP contribution in [0.4, 0.5) is 5.13 Å². The highest BCUT2D eigenvalue weighted by atomic mass is 32.2.